The van der Waals surface area contributed by atoms with Gasteiger partial charge in [0.25, 0.3) is 5.91 Å². The third kappa shape index (κ3) is 2.86. The first kappa shape index (κ1) is 15.7. The standard InChI is InChI=1S/C18H17N3O3/c1-11-4-9-15-19-12(2)16(21(15)10-11)17(22)20-14-7-5-13(6-8-14)18(23)24-3/h4-10H,1-3H3,(H,20,22). The molecule has 0 radical (unpaired) electrons. The van der Waals surface area contributed by atoms with Crippen LogP contribution in [0.25, 0.3) is 5.65 Å². The fourth-order valence-electron chi connectivity index (χ4n) is 2.54. The summed E-state index contributed by atoms with van der Waals surface area (Å²) in [5, 5.41) is 2.83. The highest BCUT2D eigenvalue weighted by Crippen LogP contribution is 2.16. The van der Waals surface area contributed by atoms with Crippen molar-refractivity contribution >= 4 is 23.2 Å². The number of methoxy groups -OCH3 is 1. The van der Waals surface area contributed by atoms with Crippen LogP contribution in [0.15, 0.2) is 42.6 Å². The molecule has 24 heavy (non-hydrogen) atoms. The molecule has 0 aliphatic rings. The number of imidazole rings is 1. The topological polar surface area (TPSA) is 72.7 Å². The summed E-state index contributed by atoms with van der Waals surface area (Å²) in [7, 11) is 1.33. The molecular formula is C18H17N3O3. The number of fused-ring (bicyclic) bond motifs is 1. The number of aryl methyl sites for hydroxylation is 2. The number of ether oxygens (including phenoxy) is 1. The fraction of sp³-hybridized carbons (Fsp3) is 0.167. The minimum Gasteiger partial charge on any atom is -0.465 e. The number of hydrogen-bond acceptors (Lipinski definition) is 4. The van der Waals surface area contributed by atoms with E-state index in [0.29, 0.717) is 22.6 Å². The fourth-order valence-corrected chi connectivity index (χ4v) is 2.54. The van der Waals surface area contributed by atoms with Crippen LogP contribution >= 0.6 is 0 Å². The zero-order chi connectivity index (χ0) is 17.3. The molecule has 0 spiro atoms. The molecule has 0 saturated carbocycles. The Kier molecular flexibility index (Phi) is 4.04. The summed E-state index contributed by atoms with van der Waals surface area (Å²) in [6.07, 6.45) is 1.88. The Bertz CT molecular complexity index is 927. The zero-order valence-electron chi connectivity index (χ0n) is 13.7. The molecule has 6 heteroatoms. The third-order valence-electron chi connectivity index (χ3n) is 3.72. The molecule has 0 aliphatic heterocycles. The molecule has 6 nitrogen and oxygen atoms in total. The first-order valence-electron chi connectivity index (χ1n) is 7.44. The van der Waals surface area contributed by atoms with E-state index in [9.17, 15) is 9.59 Å². The molecule has 1 N–H and O–H groups in total. The predicted molar refractivity (Wildman–Crippen MR) is 90.4 cm³/mol. The lowest BCUT2D eigenvalue weighted by Crippen LogP contribution is -2.15. The minimum absolute atomic E-state index is 0.253. The van der Waals surface area contributed by atoms with E-state index in [2.05, 4.69) is 15.0 Å². The van der Waals surface area contributed by atoms with Crippen LogP contribution in [-0.4, -0.2) is 28.4 Å². The van der Waals surface area contributed by atoms with Gasteiger partial charge in [0.05, 0.1) is 18.4 Å². The lowest BCUT2D eigenvalue weighted by Gasteiger charge is -2.07. The molecule has 0 aliphatic carbocycles. The number of amides is 1. The van der Waals surface area contributed by atoms with Crippen molar-refractivity contribution in [1.82, 2.24) is 9.38 Å². The largest absolute Gasteiger partial charge is 0.465 e. The normalized spacial score (nSPS) is 10.6. The molecule has 0 atom stereocenters. The van der Waals surface area contributed by atoms with Gasteiger partial charge in [-0.2, -0.15) is 0 Å². The number of esters is 1. The summed E-state index contributed by atoms with van der Waals surface area (Å²) >= 11 is 0. The summed E-state index contributed by atoms with van der Waals surface area (Å²) in [6.45, 7) is 3.76. The van der Waals surface area contributed by atoms with E-state index < -0.39 is 5.97 Å². The van der Waals surface area contributed by atoms with E-state index in [1.165, 1.54) is 7.11 Å². The molecule has 1 amide bonds. The Morgan fingerprint density at radius 2 is 1.79 bits per heavy atom. The zero-order valence-corrected chi connectivity index (χ0v) is 13.7. The Hall–Kier alpha value is -3.15. The van der Waals surface area contributed by atoms with Gasteiger partial charge in [0.2, 0.25) is 0 Å². The van der Waals surface area contributed by atoms with E-state index in [0.717, 1.165) is 11.2 Å². The first-order valence-corrected chi connectivity index (χ1v) is 7.44. The first-order chi connectivity index (χ1) is 11.5. The number of anilines is 1. The van der Waals surface area contributed by atoms with Gasteiger partial charge in [0, 0.05) is 11.9 Å². The van der Waals surface area contributed by atoms with E-state index in [4.69, 9.17) is 0 Å². The van der Waals surface area contributed by atoms with Crippen molar-refractivity contribution in [1.29, 1.82) is 0 Å². The lowest BCUT2D eigenvalue weighted by molar-refractivity contribution is 0.0600. The molecule has 3 aromatic rings. The quantitative estimate of drug-likeness (QED) is 0.752. The van der Waals surface area contributed by atoms with Crippen LogP contribution < -0.4 is 5.32 Å². The number of hydrogen-bond donors (Lipinski definition) is 1. The second kappa shape index (κ2) is 6.16. The molecule has 0 unspecified atom stereocenters. The van der Waals surface area contributed by atoms with E-state index in [1.54, 1.807) is 35.6 Å². The van der Waals surface area contributed by atoms with Crippen LogP contribution in [-0.2, 0) is 4.74 Å². The third-order valence-corrected chi connectivity index (χ3v) is 3.72. The molecule has 0 bridgehead atoms. The number of nitrogens with zero attached hydrogens (tertiary/aromatic N) is 2. The van der Waals surface area contributed by atoms with Gasteiger partial charge >= 0.3 is 5.97 Å². The number of pyridine rings is 1. The molecule has 0 saturated heterocycles. The average molecular weight is 323 g/mol. The van der Waals surface area contributed by atoms with E-state index >= 15 is 0 Å². The molecule has 0 fully saturated rings. The molecule has 2 heterocycles. The molecule has 3 rings (SSSR count). The summed E-state index contributed by atoms with van der Waals surface area (Å²) in [4.78, 5) is 28.5. The van der Waals surface area contributed by atoms with Gasteiger partial charge < -0.3 is 10.1 Å². The van der Waals surface area contributed by atoms with Crippen LogP contribution in [0.5, 0.6) is 0 Å². The second-order valence-corrected chi connectivity index (χ2v) is 5.50. The van der Waals surface area contributed by atoms with Gasteiger partial charge in [0.15, 0.2) is 0 Å². The minimum atomic E-state index is -0.416. The van der Waals surface area contributed by atoms with Crippen LogP contribution in [0.4, 0.5) is 5.69 Å². The molecular weight excluding hydrogens is 306 g/mol. The highest BCUT2D eigenvalue weighted by Gasteiger charge is 2.17. The van der Waals surface area contributed by atoms with Crippen LogP contribution in [0, 0.1) is 13.8 Å². The van der Waals surface area contributed by atoms with Crippen molar-refractivity contribution in [3.8, 4) is 0 Å². The monoisotopic (exact) mass is 323 g/mol. The van der Waals surface area contributed by atoms with Crippen LogP contribution in [0.3, 0.4) is 0 Å². The highest BCUT2D eigenvalue weighted by molar-refractivity contribution is 6.04. The molecule has 2 aromatic heterocycles. The Balaban J connectivity index is 1.89. The maximum absolute atomic E-state index is 12.6. The van der Waals surface area contributed by atoms with Crippen molar-refractivity contribution < 1.29 is 14.3 Å². The van der Waals surface area contributed by atoms with E-state index in [-0.39, 0.29) is 5.91 Å². The number of carbonyl (C=O) groups is 2. The number of aromatic nitrogens is 2. The molecule has 1 aromatic carbocycles. The summed E-state index contributed by atoms with van der Waals surface area (Å²) < 4.78 is 6.43. The number of rotatable bonds is 3. The number of benzene rings is 1. The van der Waals surface area contributed by atoms with E-state index in [1.807, 2.05) is 25.3 Å². The summed E-state index contributed by atoms with van der Waals surface area (Å²) in [6, 6.07) is 10.4. The van der Waals surface area contributed by atoms with Gasteiger partial charge in [-0.25, -0.2) is 9.78 Å². The van der Waals surface area contributed by atoms with Crippen molar-refractivity contribution in [3.63, 3.8) is 0 Å². The summed E-state index contributed by atoms with van der Waals surface area (Å²) in [5.41, 5.74) is 3.93. The Labute approximate surface area is 139 Å². The van der Waals surface area contributed by atoms with Crippen molar-refractivity contribution in [2.45, 2.75) is 13.8 Å². The van der Waals surface area contributed by atoms with Gasteiger partial charge in [-0.05, 0) is 49.7 Å². The van der Waals surface area contributed by atoms with Crippen molar-refractivity contribution in [3.05, 3.63) is 65.1 Å². The predicted octanol–water partition coefficient (Wildman–Crippen LogP) is 2.99. The van der Waals surface area contributed by atoms with Crippen molar-refractivity contribution in [2.24, 2.45) is 0 Å². The Morgan fingerprint density at radius 1 is 1.08 bits per heavy atom. The molecule has 122 valence electrons. The maximum atomic E-state index is 12.6. The van der Waals surface area contributed by atoms with Gasteiger partial charge in [-0.3, -0.25) is 9.20 Å². The van der Waals surface area contributed by atoms with Crippen LogP contribution in [0.2, 0.25) is 0 Å². The van der Waals surface area contributed by atoms with Crippen LogP contribution in [0.1, 0.15) is 32.1 Å². The van der Waals surface area contributed by atoms with Gasteiger partial charge in [0.1, 0.15) is 11.3 Å². The second-order valence-electron chi connectivity index (χ2n) is 5.50. The van der Waals surface area contributed by atoms with Crippen molar-refractivity contribution in [2.75, 3.05) is 12.4 Å². The maximum Gasteiger partial charge on any atom is 0.337 e. The highest BCUT2D eigenvalue weighted by atomic mass is 16.5. The lowest BCUT2D eigenvalue weighted by atomic mass is 10.2. The number of carbonyl (C=O) groups excluding carboxylic acids is 2. The van der Waals surface area contributed by atoms with Gasteiger partial charge in [-0.1, -0.05) is 6.07 Å². The Morgan fingerprint density at radius 3 is 2.46 bits per heavy atom. The number of nitrogens with one attached hydrogen (secondary N) is 1. The summed E-state index contributed by atoms with van der Waals surface area (Å²) in [5.74, 6) is -0.669. The average Bonchev–Trinajstić information content (AvgIpc) is 2.90. The van der Waals surface area contributed by atoms with Gasteiger partial charge in [-0.15, -0.1) is 0 Å². The smallest absolute Gasteiger partial charge is 0.337 e. The SMILES string of the molecule is COC(=O)c1ccc(NC(=O)c2c(C)nc3ccc(C)cn23)cc1.